The number of aryl methyl sites for hydroxylation is 2. The summed E-state index contributed by atoms with van der Waals surface area (Å²) in [5.41, 5.74) is 2.14. The van der Waals surface area contributed by atoms with Gasteiger partial charge < -0.3 is 4.57 Å². The molecular formula is C21H20N4O4S. The Bertz CT molecular complexity index is 1460. The van der Waals surface area contributed by atoms with Crippen LogP contribution in [0.1, 0.15) is 5.56 Å². The van der Waals surface area contributed by atoms with Crippen molar-refractivity contribution in [3.05, 3.63) is 93.3 Å². The lowest BCUT2D eigenvalue weighted by molar-refractivity contribution is 0.601. The van der Waals surface area contributed by atoms with Crippen LogP contribution in [0.15, 0.2) is 81.3 Å². The predicted molar refractivity (Wildman–Crippen MR) is 115 cm³/mol. The molecule has 0 fully saturated rings. The van der Waals surface area contributed by atoms with E-state index in [4.69, 9.17) is 0 Å². The molecule has 0 radical (unpaired) electrons. The van der Waals surface area contributed by atoms with Crippen LogP contribution >= 0.6 is 0 Å². The Balaban J connectivity index is 1.58. The van der Waals surface area contributed by atoms with Gasteiger partial charge in [-0.2, -0.15) is 0 Å². The monoisotopic (exact) mass is 424 g/mol. The summed E-state index contributed by atoms with van der Waals surface area (Å²) in [7, 11) is -0.590. The van der Waals surface area contributed by atoms with Crippen molar-refractivity contribution in [2.24, 2.45) is 14.1 Å². The molecule has 0 aliphatic carbocycles. The van der Waals surface area contributed by atoms with Gasteiger partial charge in [0.05, 0.1) is 22.5 Å². The van der Waals surface area contributed by atoms with E-state index in [0.29, 0.717) is 23.3 Å². The average molecular weight is 424 g/mol. The minimum Gasteiger partial charge on any atom is -0.311 e. The molecule has 0 saturated heterocycles. The fourth-order valence-corrected chi connectivity index (χ4v) is 4.41. The van der Waals surface area contributed by atoms with Crippen molar-refractivity contribution in [1.82, 2.24) is 13.7 Å². The summed E-state index contributed by atoms with van der Waals surface area (Å²) in [6, 6.07) is 16.4. The highest BCUT2D eigenvalue weighted by Gasteiger charge is 2.17. The standard InChI is InChI=1S/C21H20N4O4S/c1-23-18-11-10-17(13-19(18)24(2)21(23)27)30(28,29)22-16-8-6-15(7-9-16)14-25-12-4-3-5-20(25)26/h3-13,22H,14H2,1-2H3. The molecule has 154 valence electrons. The Hall–Kier alpha value is -3.59. The first-order chi connectivity index (χ1) is 14.3. The van der Waals surface area contributed by atoms with Crippen molar-refractivity contribution < 1.29 is 8.42 Å². The van der Waals surface area contributed by atoms with Gasteiger partial charge in [0.2, 0.25) is 0 Å². The largest absolute Gasteiger partial charge is 0.328 e. The topological polar surface area (TPSA) is 95.1 Å². The SMILES string of the molecule is Cn1c(=O)n(C)c2cc(S(=O)(=O)Nc3ccc(Cn4ccccc4=O)cc3)ccc21. The zero-order chi connectivity index (χ0) is 21.5. The van der Waals surface area contributed by atoms with Crippen molar-refractivity contribution in [2.45, 2.75) is 11.4 Å². The number of rotatable bonds is 5. The second-order valence-electron chi connectivity index (χ2n) is 7.02. The van der Waals surface area contributed by atoms with Crippen LogP contribution in [-0.2, 0) is 30.7 Å². The molecule has 2 aromatic carbocycles. The quantitative estimate of drug-likeness (QED) is 0.529. The van der Waals surface area contributed by atoms with E-state index in [1.54, 1.807) is 67.3 Å². The van der Waals surface area contributed by atoms with Crippen molar-refractivity contribution in [1.29, 1.82) is 0 Å². The van der Waals surface area contributed by atoms with Gasteiger partial charge >= 0.3 is 5.69 Å². The van der Waals surface area contributed by atoms with Crippen LogP contribution in [0.2, 0.25) is 0 Å². The summed E-state index contributed by atoms with van der Waals surface area (Å²) >= 11 is 0. The van der Waals surface area contributed by atoms with Crippen LogP contribution in [0.3, 0.4) is 0 Å². The summed E-state index contributed by atoms with van der Waals surface area (Å²) in [5, 5.41) is 0. The molecule has 0 aliphatic heterocycles. The third-order valence-electron chi connectivity index (χ3n) is 5.01. The lowest BCUT2D eigenvalue weighted by Gasteiger charge is -2.10. The lowest BCUT2D eigenvalue weighted by atomic mass is 10.2. The number of fused-ring (bicyclic) bond motifs is 1. The second-order valence-corrected chi connectivity index (χ2v) is 8.70. The number of nitrogens with one attached hydrogen (secondary N) is 1. The van der Waals surface area contributed by atoms with Gasteiger partial charge in [-0.15, -0.1) is 0 Å². The van der Waals surface area contributed by atoms with Crippen LogP contribution in [0.5, 0.6) is 0 Å². The molecule has 9 heteroatoms. The maximum Gasteiger partial charge on any atom is 0.328 e. The summed E-state index contributed by atoms with van der Waals surface area (Å²) in [5.74, 6) is 0. The van der Waals surface area contributed by atoms with Gasteiger partial charge in [-0.1, -0.05) is 18.2 Å². The smallest absolute Gasteiger partial charge is 0.311 e. The van der Waals surface area contributed by atoms with Gasteiger partial charge in [0.15, 0.2) is 0 Å². The van der Waals surface area contributed by atoms with Crippen molar-refractivity contribution in [2.75, 3.05) is 4.72 Å². The Kier molecular flexibility index (Phi) is 4.83. The maximum atomic E-state index is 12.8. The van der Waals surface area contributed by atoms with Crippen LogP contribution in [0.4, 0.5) is 5.69 Å². The molecule has 0 amide bonds. The van der Waals surface area contributed by atoms with Gasteiger partial charge in [0.25, 0.3) is 15.6 Å². The number of sulfonamides is 1. The fourth-order valence-electron chi connectivity index (χ4n) is 3.33. The normalized spacial score (nSPS) is 11.7. The number of imidazole rings is 1. The van der Waals surface area contributed by atoms with E-state index in [-0.39, 0.29) is 16.1 Å². The first-order valence-corrected chi connectivity index (χ1v) is 10.7. The molecule has 0 saturated carbocycles. The highest BCUT2D eigenvalue weighted by Crippen LogP contribution is 2.21. The van der Waals surface area contributed by atoms with Crippen LogP contribution in [-0.4, -0.2) is 22.1 Å². The molecule has 0 spiro atoms. The second kappa shape index (κ2) is 7.34. The average Bonchev–Trinajstić information content (AvgIpc) is 2.95. The summed E-state index contributed by atoms with van der Waals surface area (Å²) in [6.45, 7) is 0.394. The molecule has 2 heterocycles. The lowest BCUT2D eigenvalue weighted by Crippen LogP contribution is -2.19. The maximum absolute atomic E-state index is 12.8. The third-order valence-corrected chi connectivity index (χ3v) is 6.39. The first-order valence-electron chi connectivity index (χ1n) is 9.19. The molecule has 0 aliphatic rings. The van der Waals surface area contributed by atoms with Gasteiger partial charge in [0.1, 0.15) is 0 Å². The molecular weight excluding hydrogens is 404 g/mol. The van der Waals surface area contributed by atoms with Crippen molar-refractivity contribution in [3.8, 4) is 0 Å². The molecule has 2 aromatic heterocycles. The van der Waals surface area contributed by atoms with Gasteiger partial charge in [-0.3, -0.25) is 18.7 Å². The van der Waals surface area contributed by atoms with E-state index < -0.39 is 10.0 Å². The van der Waals surface area contributed by atoms with E-state index in [2.05, 4.69) is 4.72 Å². The van der Waals surface area contributed by atoms with Gasteiger partial charge in [-0.25, -0.2) is 13.2 Å². The zero-order valence-corrected chi connectivity index (χ0v) is 17.3. The Morgan fingerprint density at radius 1 is 0.867 bits per heavy atom. The van der Waals surface area contributed by atoms with Crippen LogP contribution < -0.4 is 16.0 Å². The minimum atomic E-state index is -3.83. The van der Waals surface area contributed by atoms with Gasteiger partial charge in [0, 0.05) is 32.0 Å². The van der Waals surface area contributed by atoms with E-state index >= 15 is 0 Å². The molecule has 4 aromatic rings. The highest BCUT2D eigenvalue weighted by atomic mass is 32.2. The minimum absolute atomic E-state index is 0.0658. The molecule has 4 rings (SSSR count). The number of hydrogen-bond donors (Lipinski definition) is 1. The number of aromatic nitrogens is 3. The molecule has 0 atom stereocenters. The van der Waals surface area contributed by atoms with Crippen LogP contribution in [0, 0.1) is 0 Å². The Labute approximate surface area is 172 Å². The molecule has 30 heavy (non-hydrogen) atoms. The Morgan fingerprint density at radius 2 is 1.57 bits per heavy atom. The van der Waals surface area contributed by atoms with Crippen molar-refractivity contribution >= 4 is 26.7 Å². The van der Waals surface area contributed by atoms with E-state index in [1.807, 2.05) is 0 Å². The number of nitrogens with zero attached hydrogens (tertiary/aromatic N) is 3. The van der Waals surface area contributed by atoms with Crippen molar-refractivity contribution in [3.63, 3.8) is 0 Å². The summed E-state index contributed by atoms with van der Waals surface area (Å²) < 4.78 is 32.6. The molecule has 1 N–H and O–H groups in total. The number of benzene rings is 2. The highest BCUT2D eigenvalue weighted by molar-refractivity contribution is 7.92. The van der Waals surface area contributed by atoms with Crippen LogP contribution in [0.25, 0.3) is 11.0 Å². The fraction of sp³-hybridized carbons (Fsp3) is 0.143. The molecule has 0 bridgehead atoms. The molecule has 0 unspecified atom stereocenters. The predicted octanol–water partition coefficient (Wildman–Crippen LogP) is 1.89. The molecule has 8 nitrogen and oxygen atoms in total. The summed E-state index contributed by atoms with van der Waals surface area (Å²) in [6.07, 6.45) is 1.70. The zero-order valence-electron chi connectivity index (χ0n) is 16.4. The van der Waals surface area contributed by atoms with Gasteiger partial charge in [-0.05, 0) is 42.0 Å². The number of hydrogen-bond acceptors (Lipinski definition) is 4. The van der Waals surface area contributed by atoms with E-state index in [1.165, 1.54) is 27.3 Å². The number of pyridine rings is 1. The first kappa shape index (κ1) is 19.7. The van der Waals surface area contributed by atoms with E-state index in [0.717, 1.165) is 5.56 Å². The van der Waals surface area contributed by atoms with E-state index in [9.17, 15) is 18.0 Å². The third kappa shape index (κ3) is 3.55. The number of anilines is 1. The summed E-state index contributed by atoms with van der Waals surface area (Å²) in [4.78, 5) is 24.0. The Morgan fingerprint density at radius 3 is 2.27 bits per heavy atom.